The van der Waals surface area contributed by atoms with Gasteiger partial charge >= 0.3 is 0 Å². The zero-order valence-electron chi connectivity index (χ0n) is 7.14. The second-order valence-electron chi connectivity index (χ2n) is 3.32. The van der Waals surface area contributed by atoms with Crippen LogP contribution in [0.2, 0.25) is 0 Å². The van der Waals surface area contributed by atoms with Crippen LogP contribution in [-0.4, -0.2) is 19.0 Å². The fourth-order valence-corrected chi connectivity index (χ4v) is 1.45. The lowest BCUT2D eigenvalue weighted by molar-refractivity contribution is -0.117. The van der Waals surface area contributed by atoms with E-state index in [9.17, 15) is 4.79 Å². The number of hydrogen-bond acceptors (Lipinski definition) is 2. The van der Waals surface area contributed by atoms with Gasteiger partial charge in [-0.1, -0.05) is 0 Å². The monoisotopic (exact) mass is 156 g/mol. The normalized spacial score (nSPS) is 23.9. The van der Waals surface area contributed by atoms with Gasteiger partial charge in [-0.05, 0) is 32.1 Å². The molecule has 0 N–H and O–H groups in total. The summed E-state index contributed by atoms with van der Waals surface area (Å²) < 4.78 is 5.23. The van der Waals surface area contributed by atoms with Gasteiger partial charge in [-0.15, -0.1) is 0 Å². The molecule has 2 nitrogen and oxygen atoms in total. The molecular formula is C9H16O2. The van der Waals surface area contributed by atoms with Crippen LogP contribution in [0.1, 0.15) is 32.6 Å². The number of carbonyl (C=O) groups excluding carboxylic acids is 1. The lowest BCUT2D eigenvalue weighted by atomic mass is 10.0. The largest absolute Gasteiger partial charge is 0.381 e. The van der Waals surface area contributed by atoms with Crippen molar-refractivity contribution >= 4 is 5.78 Å². The predicted octanol–water partition coefficient (Wildman–Crippen LogP) is 1.78. The van der Waals surface area contributed by atoms with Crippen molar-refractivity contribution in [3.63, 3.8) is 0 Å². The zero-order chi connectivity index (χ0) is 8.10. The topological polar surface area (TPSA) is 26.3 Å². The molecule has 0 amide bonds. The molecule has 2 heteroatoms. The number of ether oxygens (including phenoxy) is 1. The van der Waals surface area contributed by atoms with Gasteiger partial charge in [0.1, 0.15) is 5.78 Å². The number of rotatable bonds is 4. The number of ketones is 1. The third kappa shape index (κ3) is 3.51. The Hall–Kier alpha value is -0.370. The van der Waals surface area contributed by atoms with Crippen molar-refractivity contribution in [3.8, 4) is 0 Å². The van der Waals surface area contributed by atoms with E-state index in [0.29, 0.717) is 5.78 Å². The predicted molar refractivity (Wildman–Crippen MR) is 43.5 cm³/mol. The van der Waals surface area contributed by atoms with Crippen LogP contribution < -0.4 is 0 Å². The van der Waals surface area contributed by atoms with E-state index in [1.54, 1.807) is 6.92 Å². The van der Waals surface area contributed by atoms with Gasteiger partial charge in [0.2, 0.25) is 0 Å². The van der Waals surface area contributed by atoms with Gasteiger partial charge in [-0.25, -0.2) is 0 Å². The van der Waals surface area contributed by atoms with E-state index < -0.39 is 0 Å². The molecule has 0 unspecified atom stereocenters. The molecule has 1 aliphatic rings. The lowest BCUT2D eigenvalue weighted by Crippen LogP contribution is -2.00. The Balaban J connectivity index is 1.98. The Morgan fingerprint density at radius 1 is 1.64 bits per heavy atom. The third-order valence-electron chi connectivity index (χ3n) is 2.17. The number of Topliss-reactive ketones (excluding diaryl/α,β-unsaturated/α-hetero) is 1. The molecule has 0 saturated carbocycles. The summed E-state index contributed by atoms with van der Waals surface area (Å²) in [7, 11) is 0. The quantitative estimate of drug-likeness (QED) is 0.620. The van der Waals surface area contributed by atoms with Crippen LogP contribution in [0.4, 0.5) is 0 Å². The molecule has 0 radical (unpaired) electrons. The molecule has 1 fully saturated rings. The van der Waals surface area contributed by atoms with Crippen LogP contribution in [0.5, 0.6) is 0 Å². The number of carbonyl (C=O) groups is 1. The molecule has 1 heterocycles. The summed E-state index contributed by atoms with van der Waals surface area (Å²) in [5.74, 6) is 1.04. The second-order valence-corrected chi connectivity index (χ2v) is 3.32. The Morgan fingerprint density at radius 2 is 2.45 bits per heavy atom. The third-order valence-corrected chi connectivity index (χ3v) is 2.17. The molecule has 0 spiro atoms. The molecule has 11 heavy (non-hydrogen) atoms. The fourth-order valence-electron chi connectivity index (χ4n) is 1.45. The highest BCUT2D eigenvalue weighted by molar-refractivity contribution is 5.75. The molecule has 0 aliphatic carbocycles. The molecule has 0 aromatic heterocycles. The van der Waals surface area contributed by atoms with E-state index >= 15 is 0 Å². The first-order valence-corrected chi connectivity index (χ1v) is 4.36. The molecule has 1 atom stereocenters. The van der Waals surface area contributed by atoms with Crippen LogP contribution in [0.3, 0.4) is 0 Å². The van der Waals surface area contributed by atoms with Gasteiger partial charge in [-0.3, -0.25) is 0 Å². The van der Waals surface area contributed by atoms with Gasteiger partial charge in [0.15, 0.2) is 0 Å². The molecular weight excluding hydrogens is 140 g/mol. The van der Waals surface area contributed by atoms with Crippen LogP contribution in [-0.2, 0) is 9.53 Å². The summed E-state index contributed by atoms with van der Waals surface area (Å²) in [6.07, 6.45) is 4.15. The minimum Gasteiger partial charge on any atom is -0.381 e. The van der Waals surface area contributed by atoms with Crippen molar-refractivity contribution in [2.75, 3.05) is 13.2 Å². The maximum atomic E-state index is 10.6. The highest BCUT2D eigenvalue weighted by Gasteiger charge is 2.14. The maximum absolute atomic E-state index is 10.6. The average Bonchev–Trinajstić information content (AvgIpc) is 2.39. The molecule has 1 aliphatic heterocycles. The smallest absolute Gasteiger partial charge is 0.129 e. The van der Waals surface area contributed by atoms with Crippen molar-refractivity contribution in [1.29, 1.82) is 0 Å². The van der Waals surface area contributed by atoms with E-state index in [2.05, 4.69) is 0 Å². The molecule has 1 rings (SSSR count). The Bertz CT molecular complexity index is 126. The van der Waals surface area contributed by atoms with Crippen molar-refractivity contribution in [1.82, 2.24) is 0 Å². The fraction of sp³-hybridized carbons (Fsp3) is 0.889. The van der Waals surface area contributed by atoms with E-state index in [0.717, 1.165) is 32.0 Å². The molecule has 0 aromatic rings. The summed E-state index contributed by atoms with van der Waals surface area (Å²) >= 11 is 0. The lowest BCUT2D eigenvalue weighted by Gasteiger charge is -2.04. The van der Waals surface area contributed by atoms with Gasteiger partial charge in [0.25, 0.3) is 0 Å². The highest BCUT2D eigenvalue weighted by Crippen LogP contribution is 2.18. The molecule has 0 bridgehead atoms. The second kappa shape index (κ2) is 4.50. The van der Waals surface area contributed by atoms with E-state index in [1.807, 2.05) is 0 Å². The summed E-state index contributed by atoms with van der Waals surface area (Å²) in [6, 6.07) is 0. The van der Waals surface area contributed by atoms with Crippen molar-refractivity contribution in [2.24, 2.45) is 5.92 Å². The van der Waals surface area contributed by atoms with E-state index in [4.69, 9.17) is 4.74 Å². The van der Waals surface area contributed by atoms with Crippen LogP contribution in [0, 0.1) is 5.92 Å². The maximum Gasteiger partial charge on any atom is 0.129 e. The highest BCUT2D eigenvalue weighted by atomic mass is 16.5. The summed E-state index contributed by atoms with van der Waals surface area (Å²) in [4.78, 5) is 10.6. The van der Waals surface area contributed by atoms with E-state index in [1.165, 1.54) is 12.8 Å². The standard InChI is InChI=1S/C9H16O2/c1-8(10)3-2-4-9-5-6-11-7-9/h9H,2-7H2,1H3/t9-/m1/s1. The van der Waals surface area contributed by atoms with Crippen molar-refractivity contribution in [3.05, 3.63) is 0 Å². The average molecular weight is 156 g/mol. The van der Waals surface area contributed by atoms with Gasteiger partial charge < -0.3 is 9.53 Å². The first-order chi connectivity index (χ1) is 5.29. The van der Waals surface area contributed by atoms with Crippen molar-refractivity contribution < 1.29 is 9.53 Å². The minimum atomic E-state index is 0.309. The minimum absolute atomic E-state index is 0.309. The first-order valence-electron chi connectivity index (χ1n) is 4.36. The molecule has 64 valence electrons. The van der Waals surface area contributed by atoms with Crippen LogP contribution >= 0.6 is 0 Å². The van der Waals surface area contributed by atoms with Crippen LogP contribution in [0.15, 0.2) is 0 Å². The van der Waals surface area contributed by atoms with Crippen molar-refractivity contribution in [2.45, 2.75) is 32.6 Å². The Kier molecular flexibility index (Phi) is 3.57. The Labute approximate surface area is 67.9 Å². The summed E-state index contributed by atoms with van der Waals surface area (Å²) in [5, 5.41) is 0. The number of hydrogen-bond donors (Lipinski definition) is 0. The summed E-state index contributed by atoms with van der Waals surface area (Å²) in [6.45, 7) is 3.49. The Morgan fingerprint density at radius 3 is 3.00 bits per heavy atom. The van der Waals surface area contributed by atoms with E-state index in [-0.39, 0.29) is 0 Å². The van der Waals surface area contributed by atoms with Gasteiger partial charge in [0, 0.05) is 19.6 Å². The zero-order valence-corrected chi connectivity index (χ0v) is 7.14. The first kappa shape index (κ1) is 8.72. The van der Waals surface area contributed by atoms with Gasteiger partial charge in [0.05, 0.1) is 0 Å². The van der Waals surface area contributed by atoms with Crippen LogP contribution in [0.25, 0.3) is 0 Å². The molecule has 0 aromatic carbocycles. The SMILES string of the molecule is CC(=O)CCC[C@@H]1CCOC1. The molecule has 1 saturated heterocycles. The van der Waals surface area contributed by atoms with Gasteiger partial charge in [-0.2, -0.15) is 0 Å². The summed E-state index contributed by atoms with van der Waals surface area (Å²) in [5.41, 5.74) is 0.